The summed E-state index contributed by atoms with van der Waals surface area (Å²) < 4.78 is 156. The molecule has 0 radical (unpaired) electrons. The van der Waals surface area contributed by atoms with Gasteiger partial charge in [-0.25, -0.2) is 59.4 Å². The van der Waals surface area contributed by atoms with Crippen LogP contribution in [0.5, 0.6) is 0 Å². The van der Waals surface area contributed by atoms with Gasteiger partial charge < -0.3 is 22.8 Å². The van der Waals surface area contributed by atoms with Gasteiger partial charge in [-0.05, 0) is 252 Å². The summed E-state index contributed by atoms with van der Waals surface area (Å²) in [5, 5.41) is 40.1. The third kappa shape index (κ3) is 21.3. The molecule has 6 aromatic carbocycles. The lowest BCUT2D eigenvalue weighted by atomic mass is 9.98. The summed E-state index contributed by atoms with van der Waals surface area (Å²) in [6, 6.07) is 47.8. The molecule has 15 heterocycles. The minimum Gasteiger partial charge on any atom is -0.347 e. The van der Waals surface area contributed by atoms with Crippen LogP contribution in [0.15, 0.2) is 243 Å². The van der Waals surface area contributed by atoms with E-state index in [1.165, 1.54) is 102 Å². The zero-order chi connectivity index (χ0) is 94.8. The van der Waals surface area contributed by atoms with Crippen molar-refractivity contribution in [1.82, 2.24) is 95.3 Å². The highest BCUT2D eigenvalue weighted by molar-refractivity contribution is 7.90. The van der Waals surface area contributed by atoms with Gasteiger partial charge in [0.1, 0.15) is 5.82 Å². The zero-order valence-corrected chi connectivity index (χ0v) is 81.5. The lowest BCUT2D eigenvalue weighted by Crippen LogP contribution is -2.41. The van der Waals surface area contributed by atoms with Gasteiger partial charge in [0.2, 0.25) is 50.1 Å². The smallest absolute Gasteiger partial charge is 0.243 e. The van der Waals surface area contributed by atoms with Crippen molar-refractivity contribution in [2.45, 2.75) is 152 Å². The zero-order valence-electron chi connectivity index (χ0n) is 77.4. The van der Waals surface area contributed by atoms with Gasteiger partial charge in [-0.2, -0.15) is 34.1 Å². The van der Waals surface area contributed by atoms with E-state index in [4.69, 9.17) is 0 Å². The highest BCUT2D eigenvalue weighted by Gasteiger charge is 2.42. The minimum atomic E-state index is -3.57. The van der Waals surface area contributed by atoms with Crippen LogP contribution in [-0.2, 0) is 82.8 Å². The molecule has 30 nitrogen and oxygen atoms in total. The summed E-state index contributed by atoms with van der Waals surface area (Å²) in [5.74, 6) is 1.39. The Labute approximate surface area is 793 Å². The minimum absolute atomic E-state index is 0.0783. The number of H-pyrrole nitrogens is 5. The predicted molar refractivity (Wildman–Crippen MR) is 533 cm³/mol. The lowest BCUT2D eigenvalue weighted by Gasteiger charge is -2.31. The molecule has 716 valence electrons. The fraction of sp³-hybridized carbons (Fsp3) is 0.390. The van der Waals surface area contributed by atoms with Crippen molar-refractivity contribution < 1.29 is 46.5 Å². The number of sulfonamides is 5. The average Bonchev–Trinajstić information content (AvgIpc) is 1.60. The molecule has 0 spiro atoms. The number of benzene rings is 6. The molecule has 6 fully saturated rings. The van der Waals surface area contributed by atoms with Crippen molar-refractivity contribution in [3.05, 3.63) is 244 Å². The standard InChI is InChI=1S/C23H23FN4O2S.C22H28N4O2S.C20H26N4O2S.C18H22N4O2S.C17H20N4O2S/c24-21-2-4-22(5-3-21)31(29,30)28-11-7-17(8-12-28)16-27-10-9-19-13-18(1-6-23(19)27)20-14-25-26-15-20;27-29(28,21-4-2-1-3-5-21)26-11-8-17(16-26)15-25-10-9-19-12-18(6-7-22(19)25)20-13-23-24-14-20;1-20(2,3)27(25,26)24-9-6-15(14-24)13-23-8-7-17-10-16(4-5-19(17)23)18-11-21-22-12-18;1-13-7-14(12-22(13)25(2,23)24)11-21-6-5-16-8-15(3-4-18(16)21)17-9-19-20-10-17;1-24(22,23)21-7-4-13(12-21)11-20-6-5-15-8-14(2-3-17(15)20)16-9-18-19-10-16/h1-6,9-10,13-15,17H,7-8,11-12,16H2,(H,25,26);6-7,9-10,12-14,17,21H,1-5,8,11,15-16H2,(H,23,24);4-5,7-8,10-12,15H,6,9,13-14H2,1-3H3,(H,21,22);3-6,8-10,13-14H,7,11-12H2,1-2H3,(H,19,20);2-3,5-6,8-10,13H,4,7,11-12H2,1H3,(H,18,19). The number of nitrogens with one attached hydrogen (secondary N) is 5. The van der Waals surface area contributed by atoms with Gasteiger partial charge in [0.25, 0.3) is 0 Å². The first-order chi connectivity index (χ1) is 65.3. The van der Waals surface area contributed by atoms with E-state index in [0.717, 1.165) is 153 Å². The second kappa shape index (κ2) is 39.9. The van der Waals surface area contributed by atoms with Crippen molar-refractivity contribution in [1.29, 1.82) is 0 Å². The van der Waals surface area contributed by atoms with E-state index in [0.29, 0.717) is 88.5 Å². The molecule has 6 aliphatic rings. The van der Waals surface area contributed by atoms with Gasteiger partial charge in [-0.1, -0.05) is 49.6 Å². The SMILES string of the molecule is CC(C)(C)S(=O)(=O)N1CCC(Cn2ccc3cc(-c4cn[nH]c4)ccc32)C1.CC1CC(Cn2ccc3cc(-c4cn[nH]c4)ccc32)CN1S(C)(=O)=O.CS(=O)(=O)N1CCC(Cn2ccc3cc(-c4cn[nH]c4)ccc32)C1.O=S(=O)(C1CCCCC1)N1CCC(Cn2ccc3cc(-c4cn[nH]c4)ccc32)C1.O=S(=O)(c1ccc(F)cc1)N1CCC(Cn2ccc3cc(-c4cn[nH]c4)ccc32)CC1. The molecule has 0 amide bonds. The summed E-state index contributed by atoms with van der Waals surface area (Å²) in [7, 11) is -16.1. The molecule has 5 atom stereocenters. The Balaban J connectivity index is 0.000000114. The Morgan fingerprint density at radius 3 is 0.985 bits per heavy atom. The molecule has 5 aliphatic heterocycles. The van der Waals surface area contributed by atoms with E-state index in [9.17, 15) is 46.5 Å². The highest BCUT2D eigenvalue weighted by Crippen LogP contribution is 2.38. The summed E-state index contributed by atoms with van der Waals surface area (Å²) in [6.45, 7) is 16.9. The van der Waals surface area contributed by atoms with Crippen LogP contribution in [0.3, 0.4) is 0 Å². The largest absolute Gasteiger partial charge is 0.347 e. The number of hydrogen-bond acceptors (Lipinski definition) is 15. The van der Waals surface area contributed by atoms with Crippen molar-refractivity contribution in [2.75, 3.05) is 71.4 Å². The summed E-state index contributed by atoms with van der Waals surface area (Å²) >= 11 is 0. The first-order valence-corrected chi connectivity index (χ1v) is 54.9. The van der Waals surface area contributed by atoms with E-state index in [2.05, 4.69) is 226 Å². The van der Waals surface area contributed by atoms with Crippen molar-refractivity contribution in [2.24, 2.45) is 29.6 Å². The van der Waals surface area contributed by atoms with Crippen molar-refractivity contribution in [3.8, 4) is 55.6 Å². The Morgan fingerprint density at radius 2 is 0.662 bits per heavy atom. The fourth-order valence-corrected chi connectivity index (χ4v) is 27.7. The van der Waals surface area contributed by atoms with Crippen LogP contribution in [0.2, 0.25) is 0 Å². The maximum Gasteiger partial charge on any atom is 0.243 e. The molecule has 5 saturated heterocycles. The molecule has 0 bridgehead atoms. The fourth-order valence-electron chi connectivity index (χ4n) is 20.5. The highest BCUT2D eigenvalue weighted by atomic mass is 32.2. The molecule has 10 aromatic heterocycles. The molecule has 136 heavy (non-hydrogen) atoms. The first kappa shape index (κ1) is 94.9. The Morgan fingerprint density at radius 1 is 0.346 bits per heavy atom. The number of fused-ring (bicyclic) bond motifs is 5. The van der Waals surface area contributed by atoms with Gasteiger partial charge in [-0.3, -0.25) is 25.5 Å². The number of aromatic nitrogens is 15. The second-order valence-electron chi connectivity index (χ2n) is 38.5. The van der Waals surface area contributed by atoms with E-state index in [-0.39, 0.29) is 16.2 Å². The molecule has 36 heteroatoms. The summed E-state index contributed by atoms with van der Waals surface area (Å²) in [4.78, 5) is 0.150. The van der Waals surface area contributed by atoms with Gasteiger partial charge in [0, 0.05) is 242 Å². The number of nitrogens with zero attached hydrogens (tertiary/aromatic N) is 15. The number of halogens is 1. The summed E-state index contributed by atoms with van der Waals surface area (Å²) in [6.07, 6.45) is 41.9. The first-order valence-electron chi connectivity index (χ1n) is 46.9. The molecule has 1 saturated carbocycles. The van der Waals surface area contributed by atoms with E-state index in [1.54, 1.807) is 38.0 Å². The van der Waals surface area contributed by atoms with Crippen LogP contribution in [0.4, 0.5) is 4.39 Å². The lowest BCUT2D eigenvalue weighted by molar-refractivity contribution is 0.254. The van der Waals surface area contributed by atoms with Crippen LogP contribution >= 0.6 is 0 Å². The summed E-state index contributed by atoms with van der Waals surface area (Å²) in [5.41, 5.74) is 17.0. The monoisotopic (exact) mass is 1940 g/mol. The van der Waals surface area contributed by atoms with Crippen molar-refractivity contribution in [3.63, 3.8) is 0 Å². The van der Waals surface area contributed by atoms with Crippen molar-refractivity contribution >= 4 is 105 Å². The normalized spacial score (nSPS) is 19.6. The van der Waals surface area contributed by atoms with Gasteiger partial charge in [0.15, 0.2) is 0 Å². The van der Waals surface area contributed by atoms with E-state index in [1.807, 2.05) is 68.9 Å². The van der Waals surface area contributed by atoms with Gasteiger partial charge >= 0.3 is 0 Å². The van der Waals surface area contributed by atoms with Crippen LogP contribution < -0.4 is 0 Å². The second-order valence-corrected chi connectivity index (χ2v) is 49.2. The molecule has 22 rings (SSSR count). The van der Waals surface area contributed by atoms with Crippen LogP contribution in [0.25, 0.3) is 110 Å². The Kier molecular flexibility index (Phi) is 27.9. The van der Waals surface area contributed by atoms with Gasteiger partial charge in [0.05, 0.1) is 58.4 Å². The third-order valence-electron chi connectivity index (χ3n) is 28.0. The average molecular weight is 1940 g/mol. The predicted octanol–water partition coefficient (Wildman–Crippen LogP) is 16.8. The van der Waals surface area contributed by atoms with E-state index >= 15 is 0 Å². The Hall–Kier alpha value is -11.5. The molecular weight excluding hydrogens is 1820 g/mol. The van der Waals surface area contributed by atoms with Crippen LogP contribution in [0.1, 0.15) is 98.3 Å². The maximum atomic E-state index is 13.1. The Bertz CT molecular complexity index is 7410. The topological polar surface area (TPSA) is 355 Å². The van der Waals surface area contributed by atoms with Crippen LogP contribution in [-0.4, -0.2) is 225 Å². The number of hydrogen-bond donors (Lipinski definition) is 5. The molecule has 5 unspecified atom stereocenters. The maximum absolute atomic E-state index is 13.1. The number of rotatable bonds is 22. The third-order valence-corrected chi connectivity index (χ3v) is 37.5. The quantitative estimate of drug-likeness (QED) is 0.0421. The molecule has 5 N–H and O–H groups in total. The van der Waals surface area contributed by atoms with Crippen LogP contribution in [0, 0.1) is 35.4 Å². The van der Waals surface area contributed by atoms with E-state index < -0.39 is 60.7 Å². The molecule has 16 aromatic rings. The number of piperidine rings is 1. The number of aromatic amines is 5. The van der Waals surface area contributed by atoms with Gasteiger partial charge in [-0.15, -0.1) is 0 Å². The molecular formula is C100H119FN20O10S5. The molecule has 1 aliphatic carbocycles.